The normalized spacial score (nSPS) is 10.4. The van der Waals surface area contributed by atoms with Crippen LogP contribution in [0.3, 0.4) is 0 Å². The Balaban J connectivity index is 2.36. The molecule has 0 unspecified atom stereocenters. The van der Waals surface area contributed by atoms with Crippen LogP contribution in [0, 0.1) is 0 Å². The van der Waals surface area contributed by atoms with Crippen molar-refractivity contribution in [3.05, 3.63) is 17.5 Å². The Hall–Kier alpha value is -0.620. The van der Waals surface area contributed by atoms with Crippen molar-refractivity contribution in [1.29, 1.82) is 0 Å². The maximum atomic E-state index is 11.3. The van der Waals surface area contributed by atoms with Gasteiger partial charge in [0.2, 0.25) is 0 Å². The Kier molecular flexibility index (Phi) is 6.40. The second-order valence-electron chi connectivity index (χ2n) is 2.90. The van der Waals surface area contributed by atoms with Crippen LogP contribution in [0.1, 0.15) is 23.0 Å². The molecule has 6 heteroatoms. The minimum absolute atomic E-state index is 0.389. The van der Waals surface area contributed by atoms with E-state index < -0.39 is 0 Å². The fourth-order valence-corrected chi connectivity index (χ4v) is 2.84. The molecule has 0 amide bonds. The van der Waals surface area contributed by atoms with E-state index in [4.69, 9.17) is 4.52 Å². The van der Waals surface area contributed by atoms with Gasteiger partial charge in [0.25, 0.3) is 0 Å². The van der Waals surface area contributed by atoms with Gasteiger partial charge in [-0.3, -0.25) is 0 Å². The van der Waals surface area contributed by atoms with E-state index in [0.29, 0.717) is 17.1 Å². The molecular weight excluding hydrogens is 246 g/mol. The summed E-state index contributed by atoms with van der Waals surface area (Å²) in [5.41, 5.74) is 0.429. The quantitative estimate of drug-likeness (QED) is 0.555. The molecular formula is C10H15NO3S2. The van der Waals surface area contributed by atoms with Gasteiger partial charge in [0.1, 0.15) is 5.56 Å². The average molecular weight is 261 g/mol. The van der Waals surface area contributed by atoms with Gasteiger partial charge in [-0.1, -0.05) is 12.1 Å². The second-order valence-corrected chi connectivity index (χ2v) is 5.40. The number of carbonyl (C=O) groups excluding carboxylic acids is 1. The van der Waals surface area contributed by atoms with E-state index in [0.717, 1.165) is 17.3 Å². The Morgan fingerprint density at radius 1 is 1.50 bits per heavy atom. The van der Waals surface area contributed by atoms with E-state index >= 15 is 0 Å². The zero-order valence-corrected chi connectivity index (χ0v) is 11.0. The highest BCUT2D eigenvalue weighted by Gasteiger charge is 2.16. The van der Waals surface area contributed by atoms with E-state index in [2.05, 4.69) is 16.8 Å². The van der Waals surface area contributed by atoms with Crippen LogP contribution in [-0.2, 0) is 10.5 Å². The second kappa shape index (κ2) is 7.62. The van der Waals surface area contributed by atoms with Gasteiger partial charge in [0.05, 0.1) is 19.1 Å². The summed E-state index contributed by atoms with van der Waals surface area (Å²) in [5.74, 6) is 4.16. The first-order chi connectivity index (χ1) is 7.79. The lowest BCUT2D eigenvalue weighted by molar-refractivity contribution is 0.0598. The predicted molar refractivity (Wildman–Crippen MR) is 67.0 cm³/mol. The number of ether oxygens (including phenoxy) is 1. The van der Waals surface area contributed by atoms with E-state index in [-0.39, 0.29) is 5.97 Å². The van der Waals surface area contributed by atoms with Gasteiger partial charge in [0, 0.05) is 11.5 Å². The molecule has 0 N–H and O–H groups in total. The molecule has 0 spiro atoms. The molecule has 0 atom stereocenters. The van der Waals surface area contributed by atoms with Gasteiger partial charge in [-0.05, 0) is 5.75 Å². The third-order valence-corrected chi connectivity index (χ3v) is 3.98. The molecule has 16 heavy (non-hydrogen) atoms. The fraction of sp³-hybridized carbons (Fsp3) is 0.600. The monoisotopic (exact) mass is 261 g/mol. The number of esters is 1. The van der Waals surface area contributed by atoms with E-state index in [1.165, 1.54) is 13.3 Å². The Morgan fingerprint density at radius 2 is 2.25 bits per heavy atom. The van der Waals surface area contributed by atoms with Gasteiger partial charge >= 0.3 is 5.97 Å². The highest BCUT2D eigenvalue weighted by atomic mass is 32.2. The van der Waals surface area contributed by atoms with Crippen molar-refractivity contribution in [2.75, 3.05) is 24.4 Å². The van der Waals surface area contributed by atoms with Crippen LogP contribution >= 0.6 is 23.5 Å². The van der Waals surface area contributed by atoms with Crippen LogP contribution in [-0.4, -0.2) is 35.5 Å². The molecule has 0 aliphatic carbocycles. The topological polar surface area (TPSA) is 52.3 Å². The molecule has 1 rings (SSSR count). The van der Waals surface area contributed by atoms with Crippen molar-refractivity contribution in [3.8, 4) is 0 Å². The van der Waals surface area contributed by atoms with Gasteiger partial charge in [-0.15, -0.1) is 0 Å². The first-order valence-corrected chi connectivity index (χ1v) is 7.27. The standard InChI is InChI=1S/C10H15NO3S2/c1-3-15-4-5-16-7-9-8(6-11-14-9)10(12)13-2/h6H,3-5,7H2,1-2H3. The lowest BCUT2D eigenvalue weighted by atomic mass is 10.3. The lowest BCUT2D eigenvalue weighted by Crippen LogP contribution is -2.02. The molecule has 0 aromatic carbocycles. The summed E-state index contributed by atoms with van der Waals surface area (Å²) in [6.07, 6.45) is 1.41. The van der Waals surface area contributed by atoms with Crippen LogP contribution in [0.5, 0.6) is 0 Å². The van der Waals surface area contributed by atoms with Gasteiger partial charge < -0.3 is 9.26 Å². The summed E-state index contributed by atoms with van der Waals surface area (Å²) >= 11 is 3.63. The smallest absolute Gasteiger partial charge is 0.343 e. The summed E-state index contributed by atoms with van der Waals surface area (Å²) in [6.45, 7) is 2.14. The first-order valence-electron chi connectivity index (χ1n) is 4.97. The third kappa shape index (κ3) is 4.09. The van der Waals surface area contributed by atoms with Crippen LogP contribution in [0.25, 0.3) is 0 Å². The third-order valence-electron chi connectivity index (χ3n) is 1.86. The summed E-state index contributed by atoms with van der Waals surface area (Å²) in [7, 11) is 1.35. The minimum atomic E-state index is -0.389. The summed E-state index contributed by atoms with van der Waals surface area (Å²) < 4.78 is 9.64. The molecule has 0 aliphatic heterocycles. The molecule has 90 valence electrons. The van der Waals surface area contributed by atoms with Gasteiger partial charge in [-0.2, -0.15) is 23.5 Å². The maximum Gasteiger partial charge on any atom is 0.343 e. The zero-order chi connectivity index (χ0) is 11.8. The van der Waals surface area contributed by atoms with E-state index in [1.807, 2.05) is 11.8 Å². The molecule has 0 bridgehead atoms. The summed E-state index contributed by atoms with van der Waals surface area (Å²) in [5, 5.41) is 3.61. The van der Waals surface area contributed by atoms with Gasteiger partial charge in [0.15, 0.2) is 5.76 Å². The first kappa shape index (κ1) is 13.4. The van der Waals surface area contributed by atoms with E-state index in [9.17, 15) is 4.79 Å². The zero-order valence-electron chi connectivity index (χ0n) is 9.39. The van der Waals surface area contributed by atoms with Crippen molar-refractivity contribution in [3.63, 3.8) is 0 Å². The number of nitrogens with zero attached hydrogens (tertiary/aromatic N) is 1. The fourth-order valence-electron chi connectivity index (χ4n) is 1.07. The Morgan fingerprint density at radius 3 is 2.94 bits per heavy atom. The number of hydrogen-bond donors (Lipinski definition) is 0. The number of thioether (sulfide) groups is 2. The number of carbonyl (C=O) groups is 1. The summed E-state index contributed by atoms with van der Waals surface area (Å²) in [4.78, 5) is 11.3. The molecule has 0 saturated carbocycles. The minimum Gasteiger partial charge on any atom is -0.465 e. The number of rotatable bonds is 7. The molecule has 0 fully saturated rings. The van der Waals surface area contributed by atoms with Gasteiger partial charge in [-0.25, -0.2) is 4.79 Å². The van der Waals surface area contributed by atoms with E-state index in [1.54, 1.807) is 11.8 Å². The van der Waals surface area contributed by atoms with Crippen molar-refractivity contribution in [1.82, 2.24) is 5.16 Å². The number of hydrogen-bond acceptors (Lipinski definition) is 6. The molecule has 1 aromatic rings. The van der Waals surface area contributed by atoms with Crippen LogP contribution in [0.4, 0.5) is 0 Å². The number of methoxy groups -OCH3 is 1. The van der Waals surface area contributed by atoms with Crippen LogP contribution in [0.2, 0.25) is 0 Å². The van der Waals surface area contributed by atoms with Crippen LogP contribution < -0.4 is 0 Å². The highest BCUT2D eigenvalue weighted by molar-refractivity contribution is 8.02. The molecule has 0 aliphatic rings. The Bertz CT molecular complexity index is 328. The van der Waals surface area contributed by atoms with Crippen molar-refractivity contribution in [2.24, 2.45) is 0 Å². The molecule has 1 heterocycles. The number of aromatic nitrogens is 1. The van der Waals surface area contributed by atoms with Crippen molar-refractivity contribution >= 4 is 29.5 Å². The molecule has 0 radical (unpaired) electrons. The van der Waals surface area contributed by atoms with Crippen molar-refractivity contribution < 1.29 is 14.1 Å². The van der Waals surface area contributed by atoms with Crippen LogP contribution in [0.15, 0.2) is 10.7 Å². The largest absolute Gasteiger partial charge is 0.465 e. The molecule has 4 nitrogen and oxygen atoms in total. The highest BCUT2D eigenvalue weighted by Crippen LogP contribution is 2.18. The Labute approximate surface area is 103 Å². The average Bonchev–Trinajstić information content (AvgIpc) is 2.76. The van der Waals surface area contributed by atoms with Crippen molar-refractivity contribution in [2.45, 2.75) is 12.7 Å². The molecule has 0 saturated heterocycles. The predicted octanol–water partition coefficient (Wildman–Crippen LogP) is 2.45. The summed E-state index contributed by atoms with van der Waals surface area (Å²) in [6, 6.07) is 0. The molecule has 1 aromatic heterocycles. The lowest BCUT2D eigenvalue weighted by Gasteiger charge is -2.00. The SMILES string of the molecule is CCSCCSCc1oncc1C(=O)OC. The maximum absolute atomic E-state index is 11.3.